The molecule has 1 N–H and O–H groups in total. The number of ether oxygens (including phenoxy) is 1. The molecule has 1 amide bonds. The van der Waals surface area contributed by atoms with E-state index >= 15 is 0 Å². The van der Waals surface area contributed by atoms with Crippen LogP contribution in [0, 0.1) is 11.2 Å². The predicted octanol–water partition coefficient (Wildman–Crippen LogP) is 1.99. The molecule has 0 aromatic heterocycles. The second-order valence-corrected chi connectivity index (χ2v) is 6.88. The molecule has 3 rings (SSSR count). The van der Waals surface area contributed by atoms with Crippen molar-refractivity contribution in [3.63, 3.8) is 0 Å². The number of rotatable bonds is 4. The first kappa shape index (κ1) is 16.4. The van der Waals surface area contributed by atoms with E-state index < -0.39 is 0 Å². The zero-order chi connectivity index (χ0) is 16.3. The predicted molar refractivity (Wildman–Crippen MR) is 86.6 cm³/mol. The molecule has 2 saturated heterocycles. The molecule has 0 saturated carbocycles. The number of hydrogen-bond donors (Lipinski definition) is 1. The highest BCUT2D eigenvalue weighted by atomic mass is 19.1. The minimum atomic E-state index is -0.188. The molecule has 4 nitrogen and oxygen atoms in total. The van der Waals surface area contributed by atoms with Crippen LogP contribution in [0.3, 0.4) is 0 Å². The molecule has 0 radical (unpaired) electrons. The van der Waals surface area contributed by atoms with E-state index in [1.54, 1.807) is 19.2 Å². The first-order chi connectivity index (χ1) is 11.1. The van der Waals surface area contributed by atoms with Crippen LogP contribution in [0.25, 0.3) is 0 Å². The summed E-state index contributed by atoms with van der Waals surface area (Å²) in [6.45, 7) is 2.81. The highest BCUT2D eigenvalue weighted by molar-refractivity contribution is 5.78. The van der Waals surface area contributed by atoms with E-state index in [2.05, 4.69) is 5.32 Å². The van der Waals surface area contributed by atoms with Gasteiger partial charge in [-0.2, -0.15) is 0 Å². The van der Waals surface area contributed by atoms with Crippen molar-refractivity contribution in [2.45, 2.75) is 31.8 Å². The lowest BCUT2D eigenvalue weighted by Crippen LogP contribution is -2.46. The quantitative estimate of drug-likeness (QED) is 0.922. The first-order valence-electron chi connectivity index (χ1n) is 8.39. The third kappa shape index (κ3) is 3.90. The summed E-state index contributed by atoms with van der Waals surface area (Å²) in [4.78, 5) is 13.9. The van der Waals surface area contributed by atoms with Gasteiger partial charge < -0.3 is 15.0 Å². The van der Waals surface area contributed by atoms with Crippen molar-refractivity contribution in [3.05, 3.63) is 35.6 Å². The molecule has 5 heteroatoms. The average Bonchev–Trinajstić information content (AvgIpc) is 2.91. The van der Waals surface area contributed by atoms with E-state index in [1.807, 2.05) is 11.0 Å². The van der Waals surface area contributed by atoms with Crippen LogP contribution < -0.4 is 5.32 Å². The third-order valence-corrected chi connectivity index (χ3v) is 5.14. The van der Waals surface area contributed by atoms with Crippen molar-refractivity contribution in [2.75, 3.05) is 33.3 Å². The molecular weight excluding hydrogens is 295 g/mol. The number of hydrogen-bond acceptors (Lipinski definition) is 3. The summed E-state index contributed by atoms with van der Waals surface area (Å²) >= 11 is 0. The van der Waals surface area contributed by atoms with Gasteiger partial charge in [0.05, 0.1) is 19.3 Å². The second-order valence-electron chi connectivity index (χ2n) is 6.88. The largest absolute Gasteiger partial charge is 0.377 e. The summed E-state index contributed by atoms with van der Waals surface area (Å²) in [5, 5.41) is 2.92. The van der Waals surface area contributed by atoms with E-state index in [1.165, 1.54) is 6.07 Å². The van der Waals surface area contributed by atoms with Crippen LogP contribution in [0.1, 0.15) is 24.8 Å². The molecule has 0 bridgehead atoms. The molecule has 1 aromatic rings. The molecule has 0 aliphatic carbocycles. The summed E-state index contributed by atoms with van der Waals surface area (Å²) in [6.07, 6.45) is 3.94. The van der Waals surface area contributed by atoms with Crippen LogP contribution >= 0.6 is 0 Å². The number of carbonyl (C=O) groups is 1. The maximum Gasteiger partial charge on any atom is 0.236 e. The smallest absolute Gasteiger partial charge is 0.236 e. The number of halogens is 1. The Balaban J connectivity index is 1.53. The highest BCUT2D eigenvalue weighted by Gasteiger charge is 2.42. The number of carbonyl (C=O) groups excluding carboxylic acids is 1. The maximum atomic E-state index is 13.3. The SMILES string of the molecule is CNCC(=O)N1CCC2(CC1)CO[C@H](Cc1cccc(F)c1)C2. The molecule has 1 aromatic carbocycles. The van der Waals surface area contributed by atoms with E-state index in [4.69, 9.17) is 4.74 Å². The standard InChI is InChI=1S/C18H25FN2O2/c1-20-12-17(22)21-7-5-18(6-8-21)11-16(23-13-18)10-14-3-2-4-15(19)9-14/h2-4,9,16,20H,5-8,10-13H2,1H3/t16-/m1/s1. The Hall–Kier alpha value is -1.46. The highest BCUT2D eigenvalue weighted by Crippen LogP contribution is 2.42. The normalized spacial score (nSPS) is 23.4. The summed E-state index contributed by atoms with van der Waals surface area (Å²) in [7, 11) is 1.80. The van der Waals surface area contributed by atoms with Gasteiger partial charge in [-0.15, -0.1) is 0 Å². The molecule has 1 spiro atoms. The van der Waals surface area contributed by atoms with Gasteiger partial charge >= 0.3 is 0 Å². The van der Waals surface area contributed by atoms with Gasteiger partial charge in [0.25, 0.3) is 0 Å². The Morgan fingerprint density at radius 3 is 2.91 bits per heavy atom. The van der Waals surface area contributed by atoms with Crippen LogP contribution in [-0.2, 0) is 16.0 Å². The number of piperidine rings is 1. The average molecular weight is 320 g/mol. The van der Waals surface area contributed by atoms with Crippen molar-refractivity contribution in [3.8, 4) is 0 Å². The second kappa shape index (κ2) is 6.97. The number of likely N-dealkylation sites (N-methyl/N-ethyl adjacent to an activating group) is 1. The van der Waals surface area contributed by atoms with Gasteiger partial charge in [-0.05, 0) is 55.8 Å². The minimum Gasteiger partial charge on any atom is -0.377 e. The fourth-order valence-corrected chi connectivity index (χ4v) is 3.80. The fourth-order valence-electron chi connectivity index (χ4n) is 3.80. The molecule has 2 aliphatic heterocycles. The van der Waals surface area contributed by atoms with Crippen LogP contribution in [-0.4, -0.2) is 50.2 Å². The van der Waals surface area contributed by atoms with Gasteiger partial charge in [-0.25, -0.2) is 4.39 Å². The van der Waals surface area contributed by atoms with Crippen molar-refractivity contribution in [1.82, 2.24) is 10.2 Å². The molecule has 23 heavy (non-hydrogen) atoms. The molecular formula is C18H25FN2O2. The zero-order valence-corrected chi connectivity index (χ0v) is 13.7. The van der Waals surface area contributed by atoms with Gasteiger partial charge in [-0.3, -0.25) is 4.79 Å². The number of likely N-dealkylation sites (tertiary alicyclic amines) is 1. The Morgan fingerprint density at radius 2 is 2.22 bits per heavy atom. The molecule has 126 valence electrons. The van der Waals surface area contributed by atoms with Gasteiger partial charge in [0.1, 0.15) is 5.82 Å². The number of nitrogens with zero attached hydrogens (tertiary/aromatic N) is 1. The van der Waals surface area contributed by atoms with Crippen LogP contribution in [0.2, 0.25) is 0 Å². The summed E-state index contributed by atoms with van der Waals surface area (Å²) < 4.78 is 19.3. The molecule has 0 unspecified atom stereocenters. The van der Waals surface area contributed by atoms with Crippen molar-refractivity contribution in [2.24, 2.45) is 5.41 Å². The minimum absolute atomic E-state index is 0.163. The lowest BCUT2D eigenvalue weighted by atomic mass is 9.76. The molecule has 1 atom stereocenters. The zero-order valence-electron chi connectivity index (χ0n) is 13.7. The van der Waals surface area contributed by atoms with Crippen molar-refractivity contribution >= 4 is 5.91 Å². The molecule has 2 fully saturated rings. The van der Waals surface area contributed by atoms with Crippen molar-refractivity contribution in [1.29, 1.82) is 0 Å². The summed E-state index contributed by atoms with van der Waals surface area (Å²) in [6, 6.07) is 6.77. The monoisotopic (exact) mass is 320 g/mol. The topological polar surface area (TPSA) is 41.6 Å². The van der Waals surface area contributed by atoms with Crippen LogP contribution in [0.15, 0.2) is 24.3 Å². The van der Waals surface area contributed by atoms with Gasteiger partial charge in [0.15, 0.2) is 0 Å². The lowest BCUT2D eigenvalue weighted by Gasteiger charge is -2.38. The Bertz CT molecular complexity index is 556. The fraction of sp³-hybridized carbons (Fsp3) is 0.611. The van der Waals surface area contributed by atoms with Gasteiger partial charge in [0, 0.05) is 13.1 Å². The van der Waals surface area contributed by atoms with Gasteiger partial charge in [0.2, 0.25) is 5.91 Å². The molecule has 2 heterocycles. The van der Waals surface area contributed by atoms with E-state index in [0.29, 0.717) is 6.54 Å². The first-order valence-corrected chi connectivity index (χ1v) is 8.39. The Kier molecular flexibility index (Phi) is 4.97. The Morgan fingerprint density at radius 1 is 1.43 bits per heavy atom. The number of amides is 1. The van der Waals surface area contributed by atoms with Crippen LogP contribution in [0.4, 0.5) is 4.39 Å². The van der Waals surface area contributed by atoms with Crippen LogP contribution in [0.5, 0.6) is 0 Å². The maximum absolute atomic E-state index is 13.3. The van der Waals surface area contributed by atoms with Gasteiger partial charge in [-0.1, -0.05) is 12.1 Å². The Labute approximate surface area is 137 Å². The van der Waals surface area contributed by atoms with E-state index in [0.717, 1.165) is 50.9 Å². The lowest BCUT2D eigenvalue weighted by molar-refractivity contribution is -0.132. The van der Waals surface area contributed by atoms with E-state index in [-0.39, 0.29) is 23.2 Å². The number of benzene rings is 1. The number of nitrogens with one attached hydrogen (secondary N) is 1. The molecule has 2 aliphatic rings. The van der Waals surface area contributed by atoms with E-state index in [9.17, 15) is 9.18 Å². The third-order valence-electron chi connectivity index (χ3n) is 5.14. The summed E-state index contributed by atoms with van der Waals surface area (Å²) in [5.41, 5.74) is 1.20. The summed E-state index contributed by atoms with van der Waals surface area (Å²) in [5.74, 6) is -0.0101. The van der Waals surface area contributed by atoms with Crippen molar-refractivity contribution < 1.29 is 13.9 Å².